The van der Waals surface area contributed by atoms with E-state index in [1.165, 1.54) is 12.3 Å². The Labute approximate surface area is 119 Å². The number of rotatable bonds is 4. The monoisotopic (exact) mass is 342 g/mol. The first-order valence-electron chi connectivity index (χ1n) is 5.29. The van der Waals surface area contributed by atoms with Crippen molar-refractivity contribution < 1.29 is 8.42 Å². The van der Waals surface area contributed by atoms with Crippen molar-refractivity contribution in [1.82, 2.24) is 14.7 Å². The Morgan fingerprint density at radius 1 is 1.32 bits per heavy atom. The lowest BCUT2D eigenvalue weighted by Gasteiger charge is -2.08. The predicted octanol–water partition coefficient (Wildman–Crippen LogP) is 1.30. The first kappa shape index (κ1) is 13.9. The third-order valence-corrected chi connectivity index (χ3v) is 4.17. The van der Waals surface area contributed by atoms with E-state index in [4.69, 9.17) is 5.73 Å². The molecule has 0 saturated carbocycles. The van der Waals surface area contributed by atoms with Crippen molar-refractivity contribution in [3.05, 3.63) is 46.8 Å². The fraction of sp³-hybridized carbons (Fsp3) is 0.0909. The van der Waals surface area contributed by atoms with Crippen LogP contribution in [0.1, 0.15) is 5.69 Å². The van der Waals surface area contributed by atoms with Gasteiger partial charge in [0, 0.05) is 16.9 Å². The van der Waals surface area contributed by atoms with Crippen molar-refractivity contribution in [3.63, 3.8) is 0 Å². The number of nitrogens with one attached hydrogen (secondary N) is 1. The molecule has 100 valence electrons. The summed E-state index contributed by atoms with van der Waals surface area (Å²) in [5, 5.41) is 0. The van der Waals surface area contributed by atoms with Gasteiger partial charge in [-0.3, -0.25) is 4.98 Å². The maximum absolute atomic E-state index is 12.1. The van der Waals surface area contributed by atoms with Gasteiger partial charge in [-0.2, -0.15) is 0 Å². The summed E-state index contributed by atoms with van der Waals surface area (Å²) in [6.45, 7) is 0.0924. The van der Waals surface area contributed by atoms with Gasteiger partial charge in [0.15, 0.2) is 0 Å². The molecule has 0 amide bonds. The minimum absolute atomic E-state index is 0.0447. The lowest BCUT2D eigenvalue weighted by molar-refractivity contribution is 0.580. The largest absolute Gasteiger partial charge is 0.383 e. The third-order valence-electron chi connectivity index (χ3n) is 2.31. The van der Waals surface area contributed by atoms with Crippen LogP contribution in [-0.4, -0.2) is 18.4 Å². The van der Waals surface area contributed by atoms with Gasteiger partial charge in [0.25, 0.3) is 0 Å². The SMILES string of the molecule is Nc1ncc(Br)cc1S(=O)(=O)NCc1ccccn1. The Balaban J connectivity index is 2.21. The molecular formula is C11H11BrN4O2S. The summed E-state index contributed by atoms with van der Waals surface area (Å²) in [5.41, 5.74) is 6.20. The highest BCUT2D eigenvalue weighted by atomic mass is 79.9. The average molecular weight is 343 g/mol. The first-order chi connectivity index (χ1) is 8.99. The van der Waals surface area contributed by atoms with Crippen LogP contribution < -0.4 is 10.5 Å². The van der Waals surface area contributed by atoms with Gasteiger partial charge in [0.2, 0.25) is 10.0 Å². The molecule has 0 unspecified atom stereocenters. The molecule has 0 aliphatic carbocycles. The Morgan fingerprint density at radius 3 is 2.79 bits per heavy atom. The molecule has 19 heavy (non-hydrogen) atoms. The van der Waals surface area contributed by atoms with Crippen molar-refractivity contribution >= 4 is 31.8 Å². The Morgan fingerprint density at radius 2 is 2.11 bits per heavy atom. The zero-order valence-corrected chi connectivity index (χ0v) is 12.1. The number of hydrogen-bond acceptors (Lipinski definition) is 5. The molecule has 8 heteroatoms. The van der Waals surface area contributed by atoms with Gasteiger partial charge in [-0.1, -0.05) is 6.07 Å². The molecule has 0 fully saturated rings. The molecule has 0 aromatic carbocycles. The summed E-state index contributed by atoms with van der Waals surface area (Å²) in [6, 6.07) is 6.67. The summed E-state index contributed by atoms with van der Waals surface area (Å²) in [7, 11) is -3.72. The van der Waals surface area contributed by atoms with Crippen molar-refractivity contribution in [1.29, 1.82) is 0 Å². The van der Waals surface area contributed by atoms with E-state index in [2.05, 4.69) is 30.6 Å². The van der Waals surface area contributed by atoms with E-state index in [9.17, 15) is 8.42 Å². The Hall–Kier alpha value is -1.51. The van der Waals surface area contributed by atoms with Gasteiger partial charge >= 0.3 is 0 Å². The zero-order valence-electron chi connectivity index (χ0n) is 9.75. The van der Waals surface area contributed by atoms with Crippen LogP contribution in [-0.2, 0) is 16.6 Å². The fourth-order valence-electron chi connectivity index (χ4n) is 1.40. The lowest BCUT2D eigenvalue weighted by atomic mass is 10.4. The molecule has 0 aliphatic heterocycles. The van der Waals surface area contributed by atoms with Crippen molar-refractivity contribution in [2.24, 2.45) is 0 Å². The van der Waals surface area contributed by atoms with Gasteiger partial charge in [-0.25, -0.2) is 18.1 Å². The third kappa shape index (κ3) is 3.49. The van der Waals surface area contributed by atoms with E-state index in [1.807, 2.05) is 0 Å². The summed E-state index contributed by atoms with van der Waals surface area (Å²) < 4.78 is 27.2. The molecule has 0 atom stereocenters. The normalized spacial score (nSPS) is 11.4. The maximum atomic E-state index is 12.1. The van der Waals surface area contributed by atoms with Gasteiger partial charge in [0.05, 0.1) is 12.2 Å². The number of nitrogens with two attached hydrogens (primary N) is 1. The van der Waals surface area contributed by atoms with E-state index in [0.29, 0.717) is 10.2 Å². The molecule has 0 aliphatic rings. The number of pyridine rings is 2. The van der Waals surface area contributed by atoms with Crippen LogP contribution in [0, 0.1) is 0 Å². The smallest absolute Gasteiger partial charge is 0.244 e. The molecule has 2 heterocycles. The number of hydrogen-bond donors (Lipinski definition) is 2. The van der Waals surface area contributed by atoms with E-state index < -0.39 is 10.0 Å². The quantitative estimate of drug-likeness (QED) is 0.872. The second kappa shape index (κ2) is 5.64. The number of sulfonamides is 1. The molecule has 0 bridgehead atoms. The Bertz CT molecular complexity index is 676. The van der Waals surface area contributed by atoms with Gasteiger partial charge in [0.1, 0.15) is 10.7 Å². The highest BCUT2D eigenvalue weighted by molar-refractivity contribution is 9.10. The highest BCUT2D eigenvalue weighted by Gasteiger charge is 2.18. The van der Waals surface area contributed by atoms with E-state index in [-0.39, 0.29) is 17.3 Å². The zero-order chi connectivity index (χ0) is 13.9. The number of nitrogen functional groups attached to an aromatic ring is 1. The second-order valence-corrected chi connectivity index (χ2v) is 6.33. The molecule has 2 rings (SSSR count). The maximum Gasteiger partial charge on any atom is 0.244 e. The average Bonchev–Trinajstić information content (AvgIpc) is 2.40. The van der Waals surface area contributed by atoms with Crippen LogP contribution in [0.4, 0.5) is 5.82 Å². The summed E-state index contributed by atoms with van der Waals surface area (Å²) in [5.74, 6) is -0.0447. The molecule has 2 aromatic heterocycles. The molecule has 0 radical (unpaired) electrons. The number of halogens is 1. The van der Waals surface area contributed by atoms with Crippen molar-refractivity contribution in [3.8, 4) is 0 Å². The second-order valence-electron chi connectivity index (χ2n) is 3.68. The van der Waals surface area contributed by atoms with E-state index in [1.54, 1.807) is 24.4 Å². The van der Waals surface area contributed by atoms with E-state index in [0.717, 1.165) is 0 Å². The van der Waals surface area contributed by atoms with Crippen molar-refractivity contribution in [2.45, 2.75) is 11.4 Å². The minimum atomic E-state index is -3.72. The molecule has 3 N–H and O–H groups in total. The van der Waals surface area contributed by atoms with Crippen LogP contribution in [0.5, 0.6) is 0 Å². The van der Waals surface area contributed by atoms with E-state index >= 15 is 0 Å². The van der Waals surface area contributed by atoms with Crippen LogP contribution in [0.15, 0.2) is 46.0 Å². The molecule has 6 nitrogen and oxygen atoms in total. The summed E-state index contributed by atoms with van der Waals surface area (Å²) >= 11 is 3.16. The lowest BCUT2D eigenvalue weighted by Crippen LogP contribution is -2.24. The first-order valence-corrected chi connectivity index (χ1v) is 7.57. The fourth-order valence-corrected chi connectivity index (χ4v) is 2.98. The summed E-state index contributed by atoms with van der Waals surface area (Å²) in [6.07, 6.45) is 3.03. The standard InChI is InChI=1S/C11H11BrN4O2S/c12-8-5-10(11(13)15-6-8)19(17,18)16-7-9-3-1-2-4-14-9/h1-6,16H,7H2,(H2,13,15). The topological polar surface area (TPSA) is 98.0 Å². The number of nitrogens with zero attached hydrogens (tertiary/aromatic N) is 2. The summed E-state index contributed by atoms with van der Waals surface area (Å²) in [4.78, 5) is 7.77. The van der Waals surface area contributed by atoms with Crippen molar-refractivity contribution in [2.75, 3.05) is 5.73 Å². The number of aromatic nitrogens is 2. The van der Waals surface area contributed by atoms with Crippen LogP contribution in [0.3, 0.4) is 0 Å². The minimum Gasteiger partial charge on any atom is -0.383 e. The van der Waals surface area contributed by atoms with Crippen LogP contribution in [0.2, 0.25) is 0 Å². The Kier molecular flexibility index (Phi) is 4.13. The molecule has 0 spiro atoms. The van der Waals surface area contributed by atoms with Crippen LogP contribution in [0.25, 0.3) is 0 Å². The molecule has 2 aromatic rings. The van der Waals surface area contributed by atoms with Gasteiger partial charge in [-0.15, -0.1) is 0 Å². The van der Waals surface area contributed by atoms with Crippen LogP contribution >= 0.6 is 15.9 Å². The molecular weight excluding hydrogens is 332 g/mol. The molecule has 0 saturated heterocycles. The van der Waals surface area contributed by atoms with Gasteiger partial charge < -0.3 is 5.73 Å². The predicted molar refractivity (Wildman–Crippen MR) is 74.6 cm³/mol. The highest BCUT2D eigenvalue weighted by Crippen LogP contribution is 2.20. The number of anilines is 1. The van der Waals surface area contributed by atoms with Gasteiger partial charge in [-0.05, 0) is 34.1 Å².